The van der Waals surface area contributed by atoms with Crippen molar-refractivity contribution in [3.63, 3.8) is 0 Å². The first-order chi connectivity index (χ1) is 12.0. The van der Waals surface area contributed by atoms with E-state index >= 15 is 0 Å². The molecule has 0 unspecified atom stereocenters. The standard InChI is InChI=1S/C18H27N5O2/c1-18(2)16(24)23(17(25)21-18)11-10-22-9-5-8-14(22)15-19-12-6-3-4-7-13(12)20-15/h14H,3-11H2,1-2H3,(H,19,20)(H,21,25)/t14-/m0/s1. The van der Waals surface area contributed by atoms with E-state index in [2.05, 4.69) is 15.2 Å². The Balaban J connectivity index is 1.43. The molecule has 1 atom stereocenters. The van der Waals surface area contributed by atoms with Crippen LogP contribution in [0.3, 0.4) is 0 Å². The number of hydrogen-bond acceptors (Lipinski definition) is 4. The summed E-state index contributed by atoms with van der Waals surface area (Å²) in [5, 5.41) is 2.74. The summed E-state index contributed by atoms with van der Waals surface area (Å²) in [6.45, 7) is 5.62. The van der Waals surface area contributed by atoms with Gasteiger partial charge >= 0.3 is 6.03 Å². The maximum Gasteiger partial charge on any atom is 0.325 e. The normalized spacial score (nSPS) is 26.2. The summed E-state index contributed by atoms with van der Waals surface area (Å²) in [5.74, 6) is 0.934. The number of fused-ring (bicyclic) bond motifs is 1. The van der Waals surface area contributed by atoms with E-state index in [1.165, 1.54) is 29.1 Å². The number of urea groups is 1. The Morgan fingerprint density at radius 3 is 2.68 bits per heavy atom. The van der Waals surface area contributed by atoms with E-state index in [0.717, 1.165) is 38.1 Å². The predicted molar refractivity (Wildman–Crippen MR) is 93.1 cm³/mol. The molecule has 1 aliphatic carbocycles. The highest BCUT2D eigenvalue weighted by Gasteiger charge is 2.44. The molecule has 3 aliphatic rings. The molecule has 136 valence electrons. The highest BCUT2D eigenvalue weighted by atomic mass is 16.2. The molecule has 3 heterocycles. The van der Waals surface area contributed by atoms with Crippen LogP contribution >= 0.6 is 0 Å². The van der Waals surface area contributed by atoms with E-state index in [0.29, 0.717) is 13.1 Å². The third-order valence-corrected chi connectivity index (χ3v) is 5.71. The van der Waals surface area contributed by atoms with Crippen LogP contribution < -0.4 is 5.32 Å². The second-order valence-corrected chi connectivity index (χ2v) is 7.96. The first-order valence-electron chi connectivity index (χ1n) is 9.41. The van der Waals surface area contributed by atoms with E-state index in [1.807, 2.05) is 0 Å². The number of imide groups is 1. The number of rotatable bonds is 4. The van der Waals surface area contributed by atoms with E-state index in [9.17, 15) is 9.59 Å². The van der Waals surface area contributed by atoms with Gasteiger partial charge in [-0.05, 0) is 58.9 Å². The van der Waals surface area contributed by atoms with Crippen molar-refractivity contribution < 1.29 is 9.59 Å². The van der Waals surface area contributed by atoms with Crippen molar-refractivity contribution in [2.75, 3.05) is 19.6 Å². The maximum absolute atomic E-state index is 12.3. The minimum absolute atomic E-state index is 0.137. The van der Waals surface area contributed by atoms with Crippen LogP contribution in [-0.2, 0) is 17.6 Å². The van der Waals surface area contributed by atoms with E-state index in [4.69, 9.17) is 4.98 Å². The number of nitrogens with zero attached hydrogens (tertiary/aromatic N) is 3. The molecule has 1 aromatic heterocycles. The number of amides is 3. The summed E-state index contributed by atoms with van der Waals surface area (Å²) < 4.78 is 0. The molecule has 0 bridgehead atoms. The zero-order chi connectivity index (χ0) is 17.6. The number of aryl methyl sites for hydroxylation is 2. The lowest BCUT2D eigenvalue weighted by atomic mass is 10.0. The second-order valence-electron chi connectivity index (χ2n) is 7.96. The number of carbonyl (C=O) groups excluding carboxylic acids is 2. The summed E-state index contributed by atoms with van der Waals surface area (Å²) in [7, 11) is 0. The summed E-state index contributed by atoms with van der Waals surface area (Å²) in [6, 6.07) is -0.00131. The molecule has 2 N–H and O–H groups in total. The molecule has 2 saturated heterocycles. The number of carbonyl (C=O) groups is 2. The second kappa shape index (κ2) is 6.12. The molecule has 1 aromatic rings. The molecule has 0 radical (unpaired) electrons. The number of H-pyrrole nitrogens is 1. The summed E-state index contributed by atoms with van der Waals surface area (Å²) in [5.41, 5.74) is 1.76. The van der Waals surface area contributed by atoms with Gasteiger partial charge in [0, 0.05) is 18.8 Å². The lowest BCUT2D eigenvalue weighted by molar-refractivity contribution is -0.130. The molecular formula is C18H27N5O2. The molecule has 0 saturated carbocycles. The van der Waals surface area contributed by atoms with E-state index in [1.54, 1.807) is 13.8 Å². The predicted octanol–water partition coefficient (Wildman–Crippen LogP) is 1.76. The molecule has 7 heteroatoms. The Kier molecular flexibility index (Phi) is 4.06. The maximum atomic E-state index is 12.3. The molecule has 25 heavy (non-hydrogen) atoms. The minimum atomic E-state index is -0.790. The van der Waals surface area contributed by atoms with Gasteiger partial charge in [-0.25, -0.2) is 9.78 Å². The quantitative estimate of drug-likeness (QED) is 0.815. The van der Waals surface area contributed by atoms with Crippen LogP contribution in [-0.4, -0.2) is 56.9 Å². The largest absolute Gasteiger partial charge is 0.344 e. The van der Waals surface area contributed by atoms with Crippen LogP contribution in [0.5, 0.6) is 0 Å². The van der Waals surface area contributed by atoms with Crippen LogP contribution in [0.25, 0.3) is 0 Å². The monoisotopic (exact) mass is 345 g/mol. The van der Waals surface area contributed by atoms with Gasteiger partial charge in [-0.1, -0.05) is 0 Å². The van der Waals surface area contributed by atoms with Crippen molar-refractivity contribution in [3.05, 3.63) is 17.2 Å². The highest BCUT2D eigenvalue weighted by molar-refractivity contribution is 6.06. The SMILES string of the molecule is CC1(C)NC(=O)N(CCN2CCC[C@H]2c2nc3c([nH]2)CCCC3)C1=O. The van der Waals surface area contributed by atoms with Crippen molar-refractivity contribution in [2.24, 2.45) is 0 Å². The number of hydrogen-bond donors (Lipinski definition) is 2. The number of aromatic nitrogens is 2. The van der Waals surface area contributed by atoms with E-state index in [-0.39, 0.29) is 18.0 Å². The van der Waals surface area contributed by atoms with Crippen LogP contribution in [0.4, 0.5) is 4.79 Å². The fourth-order valence-electron chi connectivity index (χ4n) is 4.29. The molecule has 4 rings (SSSR count). The summed E-state index contributed by atoms with van der Waals surface area (Å²) in [6.07, 6.45) is 6.86. The van der Waals surface area contributed by atoms with E-state index < -0.39 is 5.54 Å². The van der Waals surface area contributed by atoms with Gasteiger partial charge in [-0.15, -0.1) is 0 Å². The van der Waals surface area contributed by atoms with Crippen LogP contribution in [0.1, 0.15) is 62.8 Å². The molecular weight excluding hydrogens is 318 g/mol. The van der Waals surface area contributed by atoms with Gasteiger partial charge in [0.05, 0.1) is 11.7 Å². The molecule has 2 aliphatic heterocycles. The first-order valence-corrected chi connectivity index (χ1v) is 9.41. The fourth-order valence-corrected chi connectivity index (χ4v) is 4.29. The van der Waals surface area contributed by atoms with Crippen molar-refractivity contribution in [2.45, 2.75) is 64.0 Å². The van der Waals surface area contributed by atoms with Crippen molar-refractivity contribution in [3.8, 4) is 0 Å². The zero-order valence-corrected chi connectivity index (χ0v) is 15.1. The Morgan fingerprint density at radius 1 is 1.16 bits per heavy atom. The Bertz CT molecular complexity index is 672. The molecule has 0 aromatic carbocycles. The van der Waals surface area contributed by atoms with Gasteiger partial charge < -0.3 is 10.3 Å². The summed E-state index contributed by atoms with van der Waals surface area (Å²) >= 11 is 0. The van der Waals surface area contributed by atoms with Gasteiger partial charge in [0.15, 0.2) is 0 Å². The molecule has 7 nitrogen and oxygen atoms in total. The van der Waals surface area contributed by atoms with Crippen molar-refractivity contribution >= 4 is 11.9 Å². The van der Waals surface area contributed by atoms with Crippen LogP contribution in [0.2, 0.25) is 0 Å². The van der Waals surface area contributed by atoms with Crippen LogP contribution in [0.15, 0.2) is 0 Å². The van der Waals surface area contributed by atoms with Crippen molar-refractivity contribution in [1.82, 2.24) is 25.1 Å². The first kappa shape index (κ1) is 16.6. The third-order valence-electron chi connectivity index (χ3n) is 5.71. The van der Waals surface area contributed by atoms with Crippen LogP contribution in [0, 0.1) is 0 Å². The van der Waals surface area contributed by atoms with Gasteiger partial charge in [0.1, 0.15) is 11.4 Å². The third kappa shape index (κ3) is 2.94. The summed E-state index contributed by atoms with van der Waals surface area (Å²) in [4.78, 5) is 36.5. The molecule has 0 spiro atoms. The molecule has 2 fully saturated rings. The lowest BCUT2D eigenvalue weighted by Gasteiger charge is -2.25. The number of likely N-dealkylation sites (tertiary alicyclic amines) is 1. The Labute approximate surface area is 148 Å². The van der Waals surface area contributed by atoms with Gasteiger partial charge in [0.2, 0.25) is 0 Å². The lowest BCUT2D eigenvalue weighted by Crippen LogP contribution is -2.41. The number of imidazole rings is 1. The average Bonchev–Trinajstić information content (AvgIpc) is 3.23. The number of nitrogens with one attached hydrogen (secondary N) is 2. The number of aromatic amines is 1. The molecule has 3 amide bonds. The van der Waals surface area contributed by atoms with Gasteiger partial charge in [-0.3, -0.25) is 14.6 Å². The van der Waals surface area contributed by atoms with Gasteiger partial charge in [-0.2, -0.15) is 0 Å². The fraction of sp³-hybridized carbons (Fsp3) is 0.722. The minimum Gasteiger partial charge on any atom is -0.344 e. The Morgan fingerprint density at radius 2 is 1.96 bits per heavy atom. The Hall–Kier alpha value is -1.89. The zero-order valence-electron chi connectivity index (χ0n) is 15.1. The smallest absolute Gasteiger partial charge is 0.325 e. The average molecular weight is 345 g/mol. The van der Waals surface area contributed by atoms with Crippen molar-refractivity contribution in [1.29, 1.82) is 0 Å². The topological polar surface area (TPSA) is 81.3 Å². The van der Waals surface area contributed by atoms with Gasteiger partial charge in [0.25, 0.3) is 5.91 Å². The highest BCUT2D eigenvalue weighted by Crippen LogP contribution is 2.32.